The summed E-state index contributed by atoms with van der Waals surface area (Å²) in [5.74, 6) is -2.90. The Balaban J connectivity index is 3.19. The third kappa shape index (κ3) is 2.59. The van der Waals surface area contributed by atoms with E-state index in [0.717, 1.165) is 12.5 Å². The quantitative estimate of drug-likeness (QED) is 0.545. The Hall–Kier alpha value is -0.510. The Morgan fingerprint density at radius 2 is 1.62 bits per heavy atom. The maximum Gasteiger partial charge on any atom is 0.161 e. The first-order valence-electron chi connectivity index (χ1n) is 5.08. The zero-order chi connectivity index (χ0) is 12.5. The fourth-order valence-electron chi connectivity index (χ4n) is 1.33. The van der Waals surface area contributed by atoms with E-state index in [-0.39, 0.29) is 15.8 Å². The van der Waals surface area contributed by atoms with Gasteiger partial charge in [-0.15, -0.1) is 0 Å². The molecule has 0 radical (unpaired) electrons. The van der Waals surface area contributed by atoms with Crippen LogP contribution in [0.5, 0.6) is 0 Å². The third-order valence-corrected chi connectivity index (χ3v) is 4.64. The second-order valence-corrected chi connectivity index (χ2v) is 5.41. The molecule has 0 aliphatic rings. The lowest BCUT2D eigenvalue weighted by Gasteiger charge is -2.29. The molecule has 0 amide bonds. The van der Waals surface area contributed by atoms with E-state index in [0.29, 0.717) is 6.07 Å². The monoisotopic (exact) mass is 294 g/mol. The van der Waals surface area contributed by atoms with Gasteiger partial charge in [-0.25, -0.2) is 13.2 Å². The van der Waals surface area contributed by atoms with Crippen molar-refractivity contribution in [3.05, 3.63) is 35.1 Å². The van der Waals surface area contributed by atoms with Crippen LogP contribution in [0.4, 0.5) is 13.2 Å². The lowest BCUT2D eigenvalue weighted by Crippen LogP contribution is -2.18. The van der Waals surface area contributed by atoms with Crippen LogP contribution in [-0.4, -0.2) is 0 Å². The molecule has 1 rings (SSSR count). The smallest absolute Gasteiger partial charge is 0.161 e. The van der Waals surface area contributed by atoms with Crippen molar-refractivity contribution in [2.75, 3.05) is 0 Å². The second kappa shape index (κ2) is 4.78. The molecule has 16 heavy (non-hydrogen) atoms. The predicted molar refractivity (Wildman–Crippen MR) is 62.1 cm³/mol. The molecule has 0 heterocycles. The lowest BCUT2D eigenvalue weighted by atomic mass is 9.83. The van der Waals surface area contributed by atoms with Crippen LogP contribution in [0.25, 0.3) is 0 Å². The minimum absolute atomic E-state index is 0.158. The van der Waals surface area contributed by atoms with Gasteiger partial charge in [0.1, 0.15) is 5.82 Å². The van der Waals surface area contributed by atoms with Crippen molar-refractivity contribution < 1.29 is 13.2 Å². The molecule has 0 saturated heterocycles. The van der Waals surface area contributed by atoms with Gasteiger partial charge in [-0.05, 0) is 17.9 Å². The van der Waals surface area contributed by atoms with Gasteiger partial charge in [-0.2, -0.15) is 0 Å². The van der Waals surface area contributed by atoms with E-state index in [2.05, 4.69) is 15.9 Å². The zero-order valence-electron chi connectivity index (χ0n) is 9.45. The van der Waals surface area contributed by atoms with Crippen molar-refractivity contribution >= 4 is 15.9 Å². The van der Waals surface area contributed by atoms with Crippen molar-refractivity contribution in [2.45, 2.75) is 32.0 Å². The summed E-state index contributed by atoms with van der Waals surface area (Å²) >= 11 is 3.35. The molecule has 0 aliphatic heterocycles. The lowest BCUT2D eigenvalue weighted by molar-refractivity contribution is 0.338. The second-order valence-electron chi connectivity index (χ2n) is 4.49. The van der Waals surface area contributed by atoms with Crippen molar-refractivity contribution in [1.29, 1.82) is 0 Å². The number of alkyl halides is 1. The molecule has 1 aromatic rings. The van der Waals surface area contributed by atoms with E-state index in [9.17, 15) is 13.2 Å². The van der Waals surface area contributed by atoms with Crippen molar-refractivity contribution in [3.8, 4) is 0 Å². The summed E-state index contributed by atoms with van der Waals surface area (Å²) in [6, 6.07) is 1.51. The van der Waals surface area contributed by atoms with E-state index >= 15 is 0 Å². The zero-order valence-corrected chi connectivity index (χ0v) is 11.0. The number of hydrogen-bond acceptors (Lipinski definition) is 0. The highest BCUT2D eigenvalue weighted by atomic mass is 79.9. The van der Waals surface area contributed by atoms with Gasteiger partial charge in [0.05, 0.1) is 0 Å². The van der Waals surface area contributed by atoms with Gasteiger partial charge in [-0.3, -0.25) is 0 Å². The van der Waals surface area contributed by atoms with Crippen molar-refractivity contribution in [2.24, 2.45) is 5.41 Å². The first-order chi connectivity index (χ1) is 7.29. The molecule has 0 aliphatic carbocycles. The summed E-state index contributed by atoms with van der Waals surface area (Å²) in [5, 5.41) is 0. The molecular formula is C12H14BrF3. The molecule has 0 aromatic heterocycles. The van der Waals surface area contributed by atoms with Gasteiger partial charge < -0.3 is 0 Å². The Kier molecular flexibility index (Phi) is 4.05. The first-order valence-corrected chi connectivity index (χ1v) is 5.99. The SMILES string of the molecule is CCC(C)(C)C(Br)c1cc(F)c(F)cc1F. The number of benzene rings is 1. The van der Waals surface area contributed by atoms with E-state index < -0.39 is 17.5 Å². The molecule has 0 saturated carbocycles. The van der Waals surface area contributed by atoms with E-state index in [1.165, 1.54) is 0 Å². The van der Waals surface area contributed by atoms with Crippen LogP contribution < -0.4 is 0 Å². The molecule has 1 unspecified atom stereocenters. The van der Waals surface area contributed by atoms with Gasteiger partial charge in [0.25, 0.3) is 0 Å². The molecule has 1 atom stereocenters. The van der Waals surface area contributed by atoms with Crippen LogP contribution >= 0.6 is 15.9 Å². The summed E-state index contributed by atoms with van der Waals surface area (Å²) in [7, 11) is 0. The molecular weight excluding hydrogens is 281 g/mol. The van der Waals surface area contributed by atoms with Crippen LogP contribution in [-0.2, 0) is 0 Å². The summed E-state index contributed by atoms with van der Waals surface area (Å²) in [6.45, 7) is 5.84. The molecule has 4 heteroatoms. The van der Waals surface area contributed by atoms with Gasteiger partial charge in [0.2, 0.25) is 0 Å². The van der Waals surface area contributed by atoms with Crippen LogP contribution in [0.1, 0.15) is 37.6 Å². The van der Waals surface area contributed by atoms with E-state index in [4.69, 9.17) is 0 Å². The Bertz CT molecular complexity index is 388. The number of hydrogen-bond donors (Lipinski definition) is 0. The summed E-state index contributed by atoms with van der Waals surface area (Å²) in [6.07, 6.45) is 0.793. The summed E-state index contributed by atoms with van der Waals surface area (Å²) in [5.41, 5.74) is -0.0729. The van der Waals surface area contributed by atoms with Gasteiger partial charge in [0, 0.05) is 16.5 Å². The normalized spacial score (nSPS) is 13.9. The molecule has 0 N–H and O–H groups in total. The third-order valence-electron chi connectivity index (χ3n) is 2.91. The van der Waals surface area contributed by atoms with Gasteiger partial charge in [0.15, 0.2) is 11.6 Å². The minimum atomic E-state index is -1.16. The molecule has 0 nitrogen and oxygen atoms in total. The Labute approximate surface area is 102 Å². The van der Waals surface area contributed by atoms with E-state index in [1.807, 2.05) is 20.8 Å². The van der Waals surface area contributed by atoms with E-state index in [1.54, 1.807) is 0 Å². The summed E-state index contributed by atoms with van der Waals surface area (Å²) < 4.78 is 39.3. The summed E-state index contributed by atoms with van der Waals surface area (Å²) in [4.78, 5) is -0.347. The maximum absolute atomic E-state index is 13.5. The highest BCUT2D eigenvalue weighted by Gasteiger charge is 2.29. The van der Waals surface area contributed by atoms with Crippen LogP contribution in [0, 0.1) is 22.9 Å². The molecule has 0 spiro atoms. The molecule has 0 fully saturated rings. The maximum atomic E-state index is 13.5. The fraction of sp³-hybridized carbons (Fsp3) is 0.500. The minimum Gasteiger partial charge on any atom is -0.207 e. The van der Waals surface area contributed by atoms with Crippen LogP contribution in [0.15, 0.2) is 12.1 Å². The van der Waals surface area contributed by atoms with Crippen molar-refractivity contribution in [3.63, 3.8) is 0 Å². The highest BCUT2D eigenvalue weighted by Crippen LogP contribution is 2.43. The Morgan fingerprint density at radius 3 is 2.12 bits per heavy atom. The van der Waals surface area contributed by atoms with Crippen molar-refractivity contribution in [1.82, 2.24) is 0 Å². The highest BCUT2D eigenvalue weighted by molar-refractivity contribution is 9.09. The van der Waals surface area contributed by atoms with Crippen LogP contribution in [0.2, 0.25) is 0 Å². The van der Waals surface area contributed by atoms with Gasteiger partial charge >= 0.3 is 0 Å². The first kappa shape index (κ1) is 13.6. The average Bonchev–Trinajstić information content (AvgIpc) is 2.22. The number of halogens is 4. The predicted octanol–water partition coefficient (Wildman–Crippen LogP) is 4.98. The number of rotatable bonds is 3. The largest absolute Gasteiger partial charge is 0.207 e. The standard InChI is InChI=1S/C12H14BrF3/c1-4-12(2,3)11(13)7-5-9(15)10(16)6-8(7)14/h5-6,11H,4H2,1-3H3. The van der Waals surface area contributed by atoms with Crippen LogP contribution in [0.3, 0.4) is 0 Å². The van der Waals surface area contributed by atoms with Gasteiger partial charge in [-0.1, -0.05) is 36.7 Å². The fourth-order valence-corrected chi connectivity index (χ4v) is 2.01. The topological polar surface area (TPSA) is 0 Å². The Morgan fingerprint density at radius 1 is 1.12 bits per heavy atom. The molecule has 1 aromatic carbocycles. The molecule has 0 bridgehead atoms. The average molecular weight is 295 g/mol. The molecule has 90 valence electrons.